The van der Waals surface area contributed by atoms with Gasteiger partial charge in [0.15, 0.2) is 5.78 Å². The molecule has 0 amide bonds. The van der Waals surface area contributed by atoms with Crippen molar-refractivity contribution in [2.45, 2.75) is 13.8 Å². The van der Waals surface area contributed by atoms with Crippen LogP contribution in [0, 0.1) is 13.8 Å². The summed E-state index contributed by atoms with van der Waals surface area (Å²) in [6, 6.07) is 9.49. The average molecular weight is 216 g/mol. The van der Waals surface area contributed by atoms with E-state index in [0.717, 1.165) is 16.4 Å². The molecule has 1 nitrogen and oxygen atoms in total. The first-order valence-electron chi connectivity index (χ1n) is 4.94. The molecule has 1 aromatic heterocycles. The van der Waals surface area contributed by atoms with E-state index in [1.807, 2.05) is 37.3 Å². The van der Waals surface area contributed by atoms with Crippen molar-refractivity contribution >= 4 is 14.0 Å². The molecule has 0 spiro atoms. The maximum Gasteiger partial charge on any atom is 0.196 e. The molecule has 1 atom stereocenters. The second-order valence-electron chi connectivity index (χ2n) is 3.67. The van der Waals surface area contributed by atoms with Gasteiger partial charge in [-0.25, -0.2) is 0 Å². The highest BCUT2D eigenvalue weighted by Crippen LogP contribution is 2.27. The SMILES string of the molecule is Cc1c[pH]c(C(=O)c2ccccc2)c1C. The molecule has 2 aromatic rings. The van der Waals surface area contributed by atoms with Crippen LogP contribution in [0.1, 0.15) is 26.8 Å². The first-order valence-corrected chi connectivity index (χ1v) is 6.02. The van der Waals surface area contributed by atoms with E-state index in [9.17, 15) is 4.79 Å². The van der Waals surface area contributed by atoms with Crippen LogP contribution in [0.25, 0.3) is 0 Å². The number of aryl methyl sites for hydroxylation is 1. The molecule has 0 aliphatic heterocycles. The molecule has 1 unspecified atom stereocenters. The summed E-state index contributed by atoms with van der Waals surface area (Å²) in [5.41, 5.74) is 3.19. The summed E-state index contributed by atoms with van der Waals surface area (Å²) in [4.78, 5) is 12.1. The topological polar surface area (TPSA) is 17.1 Å². The zero-order valence-electron chi connectivity index (χ0n) is 8.87. The first-order chi connectivity index (χ1) is 7.20. The molecule has 0 saturated heterocycles. The number of hydrogen-bond acceptors (Lipinski definition) is 1. The van der Waals surface area contributed by atoms with E-state index in [1.54, 1.807) is 0 Å². The van der Waals surface area contributed by atoms with Crippen molar-refractivity contribution < 1.29 is 4.79 Å². The lowest BCUT2D eigenvalue weighted by molar-refractivity contribution is 0.104. The van der Waals surface area contributed by atoms with Crippen LogP contribution in [-0.4, -0.2) is 5.78 Å². The maximum absolute atomic E-state index is 12.1. The normalized spacial score (nSPS) is 10.8. The van der Waals surface area contributed by atoms with Gasteiger partial charge in [-0.2, -0.15) is 0 Å². The lowest BCUT2D eigenvalue weighted by Crippen LogP contribution is -1.99. The standard InChI is InChI=1S/C13H13OP/c1-9-8-15-13(10(9)2)12(14)11-6-4-3-5-7-11/h3-8,15H,1-2H3. The third-order valence-electron chi connectivity index (χ3n) is 2.66. The Balaban J connectivity index is 2.42. The highest BCUT2D eigenvalue weighted by atomic mass is 31.0. The quantitative estimate of drug-likeness (QED) is 0.701. The molecular formula is C13H13OP. The molecule has 2 rings (SSSR count). The van der Waals surface area contributed by atoms with Crippen LogP contribution in [0.5, 0.6) is 0 Å². The fraction of sp³-hybridized carbons (Fsp3) is 0.154. The summed E-state index contributed by atoms with van der Waals surface area (Å²) in [7, 11) is 0.534. The van der Waals surface area contributed by atoms with Gasteiger partial charge in [0.1, 0.15) is 0 Å². The lowest BCUT2D eigenvalue weighted by Gasteiger charge is -2.00. The van der Waals surface area contributed by atoms with Gasteiger partial charge in [0.2, 0.25) is 0 Å². The van der Waals surface area contributed by atoms with E-state index < -0.39 is 0 Å². The van der Waals surface area contributed by atoms with E-state index >= 15 is 0 Å². The Labute approximate surface area is 91.2 Å². The molecule has 15 heavy (non-hydrogen) atoms. The molecule has 0 fully saturated rings. The van der Waals surface area contributed by atoms with Crippen LogP contribution in [-0.2, 0) is 0 Å². The Morgan fingerprint density at radius 1 is 1.13 bits per heavy atom. The van der Waals surface area contributed by atoms with Gasteiger partial charge in [0, 0.05) is 10.9 Å². The van der Waals surface area contributed by atoms with Gasteiger partial charge in [-0.15, -0.1) is 8.19 Å². The van der Waals surface area contributed by atoms with Crippen molar-refractivity contribution in [1.29, 1.82) is 0 Å². The van der Waals surface area contributed by atoms with Crippen molar-refractivity contribution in [2.75, 3.05) is 0 Å². The van der Waals surface area contributed by atoms with Crippen LogP contribution in [0.4, 0.5) is 0 Å². The number of ketones is 1. The molecule has 0 N–H and O–H groups in total. The van der Waals surface area contributed by atoms with Crippen LogP contribution in [0.2, 0.25) is 0 Å². The Morgan fingerprint density at radius 2 is 1.80 bits per heavy atom. The monoisotopic (exact) mass is 216 g/mol. The average Bonchev–Trinajstić information content (AvgIpc) is 2.60. The van der Waals surface area contributed by atoms with Crippen molar-refractivity contribution in [3.63, 3.8) is 0 Å². The van der Waals surface area contributed by atoms with Gasteiger partial charge in [0.05, 0.1) is 0 Å². The Hall–Kier alpha value is -1.33. The maximum atomic E-state index is 12.1. The summed E-state index contributed by atoms with van der Waals surface area (Å²) in [6.45, 7) is 4.09. The molecule has 0 bridgehead atoms. The predicted molar refractivity (Wildman–Crippen MR) is 65.3 cm³/mol. The van der Waals surface area contributed by atoms with Gasteiger partial charge in [-0.05, 0) is 30.8 Å². The van der Waals surface area contributed by atoms with Gasteiger partial charge >= 0.3 is 0 Å². The fourth-order valence-corrected chi connectivity index (χ4v) is 2.83. The minimum absolute atomic E-state index is 0.180. The van der Waals surface area contributed by atoms with Crippen molar-refractivity contribution in [1.82, 2.24) is 0 Å². The lowest BCUT2D eigenvalue weighted by atomic mass is 10.1. The molecule has 76 valence electrons. The van der Waals surface area contributed by atoms with Crippen molar-refractivity contribution in [3.8, 4) is 0 Å². The van der Waals surface area contributed by atoms with E-state index in [1.165, 1.54) is 5.56 Å². The largest absolute Gasteiger partial charge is 0.288 e. The molecule has 0 saturated carbocycles. The Kier molecular flexibility index (Phi) is 2.75. The Morgan fingerprint density at radius 3 is 2.33 bits per heavy atom. The van der Waals surface area contributed by atoms with E-state index in [4.69, 9.17) is 0 Å². The number of benzene rings is 1. The minimum atomic E-state index is 0.180. The summed E-state index contributed by atoms with van der Waals surface area (Å²) in [5, 5.41) is 0.971. The van der Waals surface area contributed by atoms with E-state index in [0.29, 0.717) is 8.19 Å². The van der Waals surface area contributed by atoms with Gasteiger partial charge in [-0.1, -0.05) is 30.3 Å². The van der Waals surface area contributed by atoms with Gasteiger partial charge in [0.25, 0.3) is 0 Å². The number of carbonyl (C=O) groups excluding carboxylic acids is 1. The third kappa shape index (κ3) is 1.88. The second-order valence-corrected chi connectivity index (χ2v) is 4.74. The second kappa shape index (κ2) is 4.04. The minimum Gasteiger partial charge on any atom is -0.288 e. The fourth-order valence-electron chi connectivity index (χ4n) is 1.56. The molecule has 2 heteroatoms. The molecule has 1 heterocycles. The molecule has 1 aromatic carbocycles. The zero-order valence-corrected chi connectivity index (χ0v) is 9.87. The third-order valence-corrected chi connectivity index (χ3v) is 4.13. The summed E-state index contributed by atoms with van der Waals surface area (Å²) < 4.78 is 0. The molecule has 0 aliphatic carbocycles. The summed E-state index contributed by atoms with van der Waals surface area (Å²) in [5.74, 6) is 2.32. The van der Waals surface area contributed by atoms with Crippen LogP contribution >= 0.6 is 8.19 Å². The number of carbonyl (C=O) groups is 1. The first kappa shape index (κ1) is 10.2. The molecule has 0 aliphatic rings. The van der Waals surface area contributed by atoms with E-state index in [-0.39, 0.29) is 5.78 Å². The van der Waals surface area contributed by atoms with Crippen LogP contribution < -0.4 is 0 Å². The zero-order chi connectivity index (χ0) is 10.8. The predicted octanol–water partition coefficient (Wildman–Crippen LogP) is 3.57. The van der Waals surface area contributed by atoms with E-state index in [2.05, 4.69) is 12.7 Å². The smallest absolute Gasteiger partial charge is 0.196 e. The number of hydrogen-bond donors (Lipinski definition) is 0. The summed E-state index contributed by atoms with van der Waals surface area (Å²) >= 11 is 0. The van der Waals surface area contributed by atoms with Crippen molar-refractivity contribution in [3.05, 3.63) is 58.1 Å². The van der Waals surface area contributed by atoms with Crippen LogP contribution in [0.15, 0.2) is 36.1 Å². The van der Waals surface area contributed by atoms with Crippen LogP contribution in [0.3, 0.4) is 0 Å². The highest BCUT2D eigenvalue weighted by molar-refractivity contribution is 7.32. The van der Waals surface area contributed by atoms with Gasteiger partial charge in [-0.3, -0.25) is 4.79 Å². The number of rotatable bonds is 2. The molecule has 0 radical (unpaired) electrons. The molecular weight excluding hydrogens is 203 g/mol. The van der Waals surface area contributed by atoms with Gasteiger partial charge < -0.3 is 0 Å². The van der Waals surface area contributed by atoms with Crippen molar-refractivity contribution in [2.24, 2.45) is 0 Å². The highest BCUT2D eigenvalue weighted by Gasteiger charge is 2.12. The Bertz CT molecular complexity index is 482. The summed E-state index contributed by atoms with van der Waals surface area (Å²) in [6.07, 6.45) is 0.